The Balaban J connectivity index is 2.39. The van der Waals surface area contributed by atoms with Crippen LogP contribution in [0.2, 0.25) is 0 Å². The van der Waals surface area contributed by atoms with Crippen molar-refractivity contribution in [2.45, 2.75) is 31.4 Å². The third-order valence-electron chi connectivity index (χ3n) is 3.16. The molecule has 2 rings (SSSR count). The van der Waals surface area contributed by atoms with Gasteiger partial charge in [-0.2, -0.15) is 4.98 Å². The number of rotatable bonds is 3. The largest absolute Gasteiger partial charge is 0.394 e. The third kappa shape index (κ3) is 2.32. The summed E-state index contributed by atoms with van der Waals surface area (Å²) in [5.74, 6) is -0.0903. The molecule has 0 radical (unpaired) electrons. The molecule has 0 aromatic carbocycles. The van der Waals surface area contributed by atoms with Gasteiger partial charge in [-0.25, -0.2) is 0 Å². The van der Waals surface area contributed by atoms with E-state index in [1.54, 1.807) is 6.92 Å². The maximum absolute atomic E-state index is 11.4. The summed E-state index contributed by atoms with van der Waals surface area (Å²) in [6.45, 7) is 1.03. The first kappa shape index (κ1) is 14.3. The van der Waals surface area contributed by atoms with Crippen molar-refractivity contribution in [1.82, 2.24) is 9.55 Å². The predicted octanol–water partition coefficient (Wildman–Crippen LogP) is -0.587. The smallest absolute Gasteiger partial charge is 0.277 e. The van der Waals surface area contributed by atoms with Crippen LogP contribution in [-0.4, -0.2) is 38.2 Å². The standard InChI is InChI=1S/C10H14N6O4/c1-5-3-16(9(11)13-8(5)18)7-2-10(19,14-15-12)6(4-17)20-7/h3,6-7,17,19H,2,4H2,1H3,(H2,11,13,18)/t6-,7-,10+/m1/s1. The Morgan fingerprint density at radius 3 is 3.10 bits per heavy atom. The molecule has 1 aromatic heterocycles. The lowest BCUT2D eigenvalue weighted by Gasteiger charge is -2.19. The quantitative estimate of drug-likeness (QED) is 0.381. The minimum absolute atomic E-state index is 0.0903. The molecule has 2 heterocycles. The Labute approximate surface area is 113 Å². The highest BCUT2D eigenvalue weighted by molar-refractivity contribution is 5.21. The molecule has 108 valence electrons. The van der Waals surface area contributed by atoms with Crippen LogP contribution in [0, 0.1) is 6.92 Å². The second-order valence-corrected chi connectivity index (χ2v) is 4.53. The molecule has 1 fully saturated rings. The summed E-state index contributed by atoms with van der Waals surface area (Å²) < 4.78 is 6.77. The van der Waals surface area contributed by atoms with Crippen LogP contribution in [0.1, 0.15) is 18.2 Å². The molecule has 10 nitrogen and oxygen atoms in total. The van der Waals surface area contributed by atoms with Crippen LogP contribution >= 0.6 is 0 Å². The van der Waals surface area contributed by atoms with Crippen molar-refractivity contribution in [2.24, 2.45) is 5.11 Å². The number of ether oxygens (including phenoxy) is 1. The van der Waals surface area contributed by atoms with Crippen molar-refractivity contribution in [1.29, 1.82) is 0 Å². The Bertz CT molecular complexity index is 625. The number of aromatic nitrogens is 2. The molecule has 1 saturated heterocycles. The Morgan fingerprint density at radius 2 is 2.50 bits per heavy atom. The minimum Gasteiger partial charge on any atom is -0.394 e. The highest BCUT2D eigenvalue weighted by Crippen LogP contribution is 2.38. The highest BCUT2D eigenvalue weighted by atomic mass is 16.6. The lowest BCUT2D eigenvalue weighted by Crippen LogP contribution is -2.38. The van der Waals surface area contributed by atoms with Gasteiger partial charge in [0.05, 0.1) is 6.61 Å². The first-order valence-electron chi connectivity index (χ1n) is 5.81. The molecule has 0 bridgehead atoms. The number of nitrogen functional groups attached to an aromatic ring is 1. The number of hydrogen-bond acceptors (Lipinski definition) is 7. The van der Waals surface area contributed by atoms with E-state index in [2.05, 4.69) is 15.0 Å². The van der Waals surface area contributed by atoms with Crippen LogP contribution < -0.4 is 11.3 Å². The van der Waals surface area contributed by atoms with Crippen LogP contribution in [0.15, 0.2) is 16.1 Å². The topological polar surface area (TPSA) is 159 Å². The summed E-state index contributed by atoms with van der Waals surface area (Å²) in [7, 11) is 0. The average molecular weight is 282 g/mol. The number of nitrogens with zero attached hydrogens (tertiary/aromatic N) is 5. The highest BCUT2D eigenvalue weighted by Gasteiger charge is 2.47. The van der Waals surface area contributed by atoms with Crippen molar-refractivity contribution in [2.75, 3.05) is 12.3 Å². The van der Waals surface area contributed by atoms with Crippen molar-refractivity contribution in [3.8, 4) is 0 Å². The second kappa shape index (κ2) is 5.10. The van der Waals surface area contributed by atoms with Crippen LogP contribution in [0.25, 0.3) is 10.4 Å². The predicted molar refractivity (Wildman–Crippen MR) is 67.4 cm³/mol. The van der Waals surface area contributed by atoms with Gasteiger partial charge in [0.2, 0.25) is 5.95 Å². The molecule has 10 heteroatoms. The molecule has 1 aliphatic rings. The zero-order valence-corrected chi connectivity index (χ0v) is 10.7. The first-order chi connectivity index (χ1) is 9.41. The molecular weight excluding hydrogens is 268 g/mol. The Hall–Kier alpha value is -2.13. The zero-order chi connectivity index (χ0) is 14.9. The van der Waals surface area contributed by atoms with Crippen molar-refractivity contribution < 1.29 is 14.9 Å². The van der Waals surface area contributed by atoms with Gasteiger partial charge in [-0.15, -0.1) is 0 Å². The normalized spacial score (nSPS) is 29.1. The fourth-order valence-electron chi connectivity index (χ4n) is 2.08. The summed E-state index contributed by atoms with van der Waals surface area (Å²) in [5.41, 5.74) is 12.1. The SMILES string of the molecule is Cc1cn([C@H]2C[C@@](O)(N=[N+]=[N-])[C@@H](CO)O2)c(N)nc1=O. The van der Waals surface area contributed by atoms with E-state index >= 15 is 0 Å². The molecular formula is C10H14N6O4. The number of hydrogen-bond donors (Lipinski definition) is 3. The molecule has 1 aliphatic heterocycles. The number of azide groups is 1. The third-order valence-corrected chi connectivity index (χ3v) is 3.16. The fraction of sp³-hybridized carbons (Fsp3) is 0.600. The first-order valence-corrected chi connectivity index (χ1v) is 5.81. The van der Waals surface area contributed by atoms with Gasteiger partial charge < -0.3 is 20.7 Å². The van der Waals surface area contributed by atoms with E-state index in [1.165, 1.54) is 10.8 Å². The zero-order valence-electron chi connectivity index (χ0n) is 10.7. The number of aliphatic hydroxyl groups is 2. The van der Waals surface area contributed by atoms with Crippen molar-refractivity contribution in [3.05, 3.63) is 32.6 Å². The van der Waals surface area contributed by atoms with E-state index in [0.717, 1.165) is 0 Å². The number of nitrogens with two attached hydrogens (primary N) is 1. The fourth-order valence-corrected chi connectivity index (χ4v) is 2.08. The van der Waals surface area contributed by atoms with Crippen LogP contribution in [-0.2, 0) is 4.74 Å². The van der Waals surface area contributed by atoms with E-state index in [-0.39, 0.29) is 12.4 Å². The van der Waals surface area contributed by atoms with Crippen molar-refractivity contribution in [3.63, 3.8) is 0 Å². The average Bonchev–Trinajstić information content (AvgIpc) is 2.71. The van der Waals surface area contributed by atoms with Gasteiger partial charge >= 0.3 is 0 Å². The molecule has 4 N–H and O–H groups in total. The van der Waals surface area contributed by atoms with Gasteiger partial charge in [0.15, 0.2) is 5.72 Å². The van der Waals surface area contributed by atoms with Gasteiger partial charge in [0.25, 0.3) is 5.56 Å². The van der Waals surface area contributed by atoms with Gasteiger partial charge in [0, 0.05) is 23.1 Å². The van der Waals surface area contributed by atoms with Crippen LogP contribution in [0.4, 0.5) is 5.95 Å². The van der Waals surface area contributed by atoms with Crippen LogP contribution in [0.5, 0.6) is 0 Å². The van der Waals surface area contributed by atoms with Gasteiger partial charge in [0.1, 0.15) is 12.3 Å². The summed E-state index contributed by atoms with van der Waals surface area (Å²) in [4.78, 5) is 17.5. The van der Waals surface area contributed by atoms with Crippen LogP contribution in [0.3, 0.4) is 0 Å². The van der Waals surface area contributed by atoms with Gasteiger partial charge in [-0.05, 0) is 12.5 Å². The maximum atomic E-state index is 11.4. The summed E-state index contributed by atoms with van der Waals surface area (Å²) in [6, 6.07) is 0. The number of aliphatic hydroxyl groups excluding tert-OH is 1. The molecule has 0 saturated carbocycles. The Kier molecular flexibility index (Phi) is 3.64. The molecule has 0 spiro atoms. The van der Waals surface area contributed by atoms with Gasteiger partial charge in [-0.3, -0.25) is 9.36 Å². The lowest BCUT2D eigenvalue weighted by atomic mass is 10.1. The summed E-state index contributed by atoms with van der Waals surface area (Å²) in [6.07, 6.45) is -0.556. The van der Waals surface area contributed by atoms with E-state index in [1.807, 2.05) is 0 Å². The van der Waals surface area contributed by atoms with E-state index < -0.39 is 30.2 Å². The molecule has 3 atom stereocenters. The monoisotopic (exact) mass is 282 g/mol. The lowest BCUT2D eigenvalue weighted by molar-refractivity contribution is -0.0788. The maximum Gasteiger partial charge on any atom is 0.277 e. The van der Waals surface area contributed by atoms with Gasteiger partial charge in [-0.1, -0.05) is 5.11 Å². The van der Waals surface area contributed by atoms with Crippen molar-refractivity contribution >= 4 is 5.95 Å². The molecule has 0 unspecified atom stereocenters. The van der Waals surface area contributed by atoms with E-state index in [0.29, 0.717) is 5.56 Å². The number of anilines is 1. The van der Waals surface area contributed by atoms with E-state index in [4.69, 9.17) is 16.0 Å². The minimum atomic E-state index is -1.88. The molecule has 0 aliphatic carbocycles. The molecule has 20 heavy (non-hydrogen) atoms. The molecule has 1 aromatic rings. The Morgan fingerprint density at radius 1 is 1.80 bits per heavy atom. The summed E-state index contributed by atoms with van der Waals surface area (Å²) >= 11 is 0. The molecule has 0 amide bonds. The van der Waals surface area contributed by atoms with E-state index in [9.17, 15) is 15.0 Å². The second-order valence-electron chi connectivity index (χ2n) is 4.53. The number of aryl methyl sites for hydroxylation is 1. The summed E-state index contributed by atoms with van der Waals surface area (Å²) in [5, 5.41) is 22.6.